The van der Waals surface area contributed by atoms with Crippen LogP contribution < -0.4 is 26.9 Å². The summed E-state index contributed by atoms with van der Waals surface area (Å²) in [4.78, 5) is 49.5. The molecule has 2 aromatic heterocycles. The maximum atomic E-state index is 12.7. The molecule has 0 bridgehead atoms. The maximum Gasteiger partial charge on any atom is 0.341 e. The summed E-state index contributed by atoms with van der Waals surface area (Å²) in [5, 5.41) is 0. The Morgan fingerprint density at radius 1 is 0.893 bits per heavy atom. The van der Waals surface area contributed by atoms with Gasteiger partial charge in [0, 0.05) is 12.4 Å². The molecule has 1 fully saturated rings. The number of nitrogens with zero attached hydrogens (tertiary/aromatic N) is 6. The van der Waals surface area contributed by atoms with Crippen molar-refractivity contribution in [2.75, 3.05) is 31.1 Å². The molecule has 3 heterocycles. The number of nitrogens with one attached hydrogen (secondary N) is 1. The summed E-state index contributed by atoms with van der Waals surface area (Å²) in [6.45, 7) is 10.3. The smallest absolute Gasteiger partial charge is 0.330 e. The first-order chi connectivity index (χ1) is 13.6. The minimum Gasteiger partial charge on any atom is -0.330 e. The van der Waals surface area contributed by atoms with Gasteiger partial charge in [-0.2, -0.15) is 4.57 Å². The number of allylic oxidation sites excluding steroid dienone is 2. The van der Waals surface area contributed by atoms with E-state index >= 15 is 0 Å². The van der Waals surface area contributed by atoms with Gasteiger partial charge in [0.2, 0.25) is 5.95 Å². The Morgan fingerprint density at radius 3 is 1.89 bits per heavy atom. The topological polar surface area (TPSA) is 99.5 Å². The van der Waals surface area contributed by atoms with E-state index in [2.05, 4.69) is 28.0 Å². The normalized spacial score (nSPS) is 14.8. The van der Waals surface area contributed by atoms with Crippen molar-refractivity contribution in [2.24, 2.45) is 0 Å². The molecule has 2 aromatic rings. The van der Waals surface area contributed by atoms with Crippen LogP contribution in [0.2, 0.25) is 0 Å². The molecule has 1 aliphatic heterocycles. The zero-order valence-corrected chi connectivity index (χ0v) is 15.7. The zero-order valence-electron chi connectivity index (χ0n) is 15.7. The Kier molecular flexibility index (Phi) is 5.99. The van der Waals surface area contributed by atoms with Gasteiger partial charge in [-0.25, -0.2) is 33.5 Å². The van der Waals surface area contributed by atoms with E-state index in [4.69, 9.17) is 0 Å². The first-order valence-electron chi connectivity index (χ1n) is 9.08. The van der Waals surface area contributed by atoms with Crippen LogP contribution in [0, 0.1) is 0 Å². The average molecular weight is 386 g/mol. The van der Waals surface area contributed by atoms with E-state index in [1.54, 1.807) is 18.5 Å². The molecule has 0 atom stereocenters. The first-order valence-corrected chi connectivity index (χ1v) is 9.08. The van der Waals surface area contributed by atoms with Crippen LogP contribution in [0.15, 0.2) is 58.2 Å². The van der Waals surface area contributed by atoms with Gasteiger partial charge in [0.1, 0.15) is 0 Å². The van der Waals surface area contributed by atoms with Crippen molar-refractivity contribution < 1.29 is 4.90 Å². The predicted molar refractivity (Wildman–Crippen MR) is 105 cm³/mol. The number of aromatic nitrogens is 5. The van der Waals surface area contributed by atoms with Gasteiger partial charge in [0.05, 0.1) is 39.3 Å². The molecule has 28 heavy (non-hydrogen) atoms. The molecule has 0 aliphatic carbocycles. The molecule has 1 aliphatic rings. The highest BCUT2D eigenvalue weighted by Crippen LogP contribution is 2.03. The van der Waals surface area contributed by atoms with E-state index in [0.29, 0.717) is 32.1 Å². The average Bonchev–Trinajstić information content (AvgIpc) is 2.73. The largest absolute Gasteiger partial charge is 0.341 e. The van der Waals surface area contributed by atoms with E-state index in [1.807, 2.05) is 0 Å². The van der Waals surface area contributed by atoms with Crippen molar-refractivity contribution in [3.8, 4) is 0 Å². The van der Waals surface area contributed by atoms with Crippen LogP contribution in [0.5, 0.6) is 0 Å². The Bertz CT molecular complexity index is 966. The molecule has 0 amide bonds. The second kappa shape index (κ2) is 8.61. The summed E-state index contributed by atoms with van der Waals surface area (Å²) in [5.41, 5.74) is -1.87. The highest BCUT2D eigenvalue weighted by Gasteiger charge is 2.24. The van der Waals surface area contributed by atoms with Crippen LogP contribution >= 0.6 is 0 Å². The second-order valence-corrected chi connectivity index (χ2v) is 6.52. The van der Waals surface area contributed by atoms with Crippen molar-refractivity contribution in [3.63, 3.8) is 0 Å². The molecule has 10 nitrogen and oxygen atoms in total. The third kappa shape index (κ3) is 3.86. The van der Waals surface area contributed by atoms with Crippen LogP contribution in [-0.2, 0) is 19.8 Å². The van der Waals surface area contributed by atoms with Crippen molar-refractivity contribution in [3.05, 3.63) is 75.2 Å². The third-order valence-corrected chi connectivity index (χ3v) is 4.70. The monoisotopic (exact) mass is 386 g/mol. The van der Waals surface area contributed by atoms with Crippen molar-refractivity contribution >= 4 is 5.95 Å². The molecule has 1 saturated heterocycles. The Hall–Kier alpha value is -3.27. The SMILES string of the molecule is C=CCn1c(=O)n(CC=C)c(=O)n(C[NH+]2CCN(c3ncccn3)CC2)c1=O. The van der Waals surface area contributed by atoms with Crippen molar-refractivity contribution in [1.82, 2.24) is 23.7 Å². The maximum absolute atomic E-state index is 12.7. The molecule has 10 heteroatoms. The quantitative estimate of drug-likeness (QED) is 0.537. The van der Waals surface area contributed by atoms with Gasteiger partial charge in [-0.1, -0.05) is 12.2 Å². The highest BCUT2D eigenvalue weighted by molar-refractivity contribution is 5.28. The molecule has 1 N–H and O–H groups in total. The zero-order chi connectivity index (χ0) is 20.1. The van der Waals surface area contributed by atoms with Gasteiger partial charge < -0.3 is 9.80 Å². The summed E-state index contributed by atoms with van der Waals surface area (Å²) in [6.07, 6.45) is 6.32. The number of rotatable bonds is 7. The fraction of sp³-hybridized carbons (Fsp3) is 0.389. The molecule has 0 radical (unpaired) electrons. The molecule has 3 rings (SSSR count). The summed E-state index contributed by atoms with van der Waals surface area (Å²) in [5.74, 6) is 0.673. The first kappa shape index (κ1) is 19.5. The third-order valence-electron chi connectivity index (χ3n) is 4.70. The number of quaternary nitrogens is 1. The lowest BCUT2D eigenvalue weighted by molar-refractivity contribution is -0.923. The minimum absolute atomic E-state index is 0.0452. The summed E-state index contributed by atoms with van der Waals surface area (Å²) in [6, 6.07) is 1.77. The lowest BCUT2D eigenvalue weighted by atomic mass is 10.3. The van der Waals surface area contributed by atoms with Gasteiger partial charge in [0.15, 0.2) is 6.67 Å². The van der Waals surface area contributed by atoms with Crippen LogP contribution in [-0.4, -0.2) is 49.8 Å². The lowest BCUT2D eigenvalue weighted by Gasteiger charge is -2.32. The summed E-state index contributed by atoms with van der Waals surface area (Å²) >= 11 is 0. The van der Waals surface area contributed by atoms with Crippen molar-refractivity contribution in [1.29, 1.82) is 0 Å². The predicted octanol–water partition coefficient (Wildman–Crippen LogP) is -2.30. The highest BCUT2D eigenvalue weighted by atomic mass is 16.2. The van der Waals surface area contributed by atoms with Crippen LogP contribution in [0.25, 0.3) is 0 Å². The van der Waals surface area contributed by atoms with Crippen LogP contribution in [0.3, 0.4) is 0 Å². The molecular weight excluding hydrogens is 362 g/mol. The van der Waals surface area contributed by atoms with Gasteiger partial charge in [-0.05, 0) is 6.07 Å². The summed E-state index contributed by atoms with van der Waals surface area (Å²) in [7, 11) is 0. The number of piperazine rings is 1. The standard InChI is InChI=1S/C18H23N7O3/c1-3-8-23-16(26)24(9-4-2)18(28)25(17(23)27)14-21-10-12-22(13-11-21)15-19-6-5-7-20-15/h3-7H,1-2,8-14H2/p+1. The number of anilines is 1. The molecule has 0 unspecified atom stereocenters. The Labute approximate surface area is 161 Å². The van der Waals surface area contributed by atoms with Crippen LogP contribution in [0.4, 0.5) is 5.95 Å². The van der Waals surface area contributed by atoms with Crippen LogP contribution in [0.1, 0.15) is 0 Å². The Balaban J connectivity index is 1.83. The van der Waals surface area contributed by atoms with E-state index in [0.717, 1.165) is 18.6 Å². The van der Waals surface area contributed by atoms with Gasteiger partial charge in [-0.15, -0.1) is 13.2 Å². The number of hydrogen-bond acceptors (Lipinski definition) is 6. The molecule has 148 valence electrons. The fourth-order valence-electron chi connectivity index (χ4n) is 3.25. The molecule has 0 spiro atoms. The van der Waals surface area contributed by atoms with Gasteiger partial charge in [0.25, 0.3) is 0 Å². The lowest BCUT2D eigenvalue weighted by Crippen LogP contribution is -3.14. The van der Waals surface area contributed by atoms with E-state index in [9.17, 15) is 14.4 Å². The van der Waals surface area contributed by atoms with Gasteiger partial charge in [-0.3, -0.25) is 0 Å². The fourth-order valence-corrected chi connectivity index (χ4v) is 3.25. The Morgan fingerprint density at radius 2 is 1.39 bits per heavy atom. The molecule has 0 aromatic carbocycles. The van der Waals surface area contributed by atoms with E-state index in [1.165, 1.54) is 12.2 Å². The number of hydrogen-bond donors (Lipinski definition) is 1. The molecule has 0 saturated carbocycles. The van der Waals surface area contributed by atoms with Crippen molar-refractivity contribution in [2.45, 2.75) is 19.8 Å². The van der Waals surface area contributed by atoms with E-state index < -0.39 is 17.1 Å². The van der Waals surface area contributed by atoms with Gasteiger partial charge >= 0.3 is 17.1 Å². The molecular formula is C18H24N7O3+. The second-order valence-electron chi connectivity index (χ2n) is 6.52. The van der Waals surface area contributed by atoms with E-state index in [-0.39, 0.29) is 19.8 Å². The minimum atomic E-state index is -0.646. The summed E-state index contributed by atoms with van der Waals surface area (Å²) < 4.78 is 3.16.